The molecule has 15 heteroatoms. The number of ether oxygens (including phenoxy) is 4. The lowest BCUT2D eigenvalue weighted by Crippen LogP contribution is -2.36. The number of nitrogens with zero attached hydrogens (tertiary/aromatic N) is 5. The number of rotatable bonds is 8. The van der Waals surface area contributed by atoms with Crippen LogP contribution < -0.4 is 14.2 Å². The topological polar surface area (TPSA) is 109 Å². The number of amides is 1. The van der Waals surface area contributed by atoms with Crippen molar-refractivity contribution in [2.45, 2.75) is 52.1 Å². The van der Waals surface area contributed by atoms with Gasteiger partial charge in [-0.2, -0.15) is 4.98 Å². The first-order valence-corrected chi connectivity index (χ1v) is 15.1. The Morgan fingerprint density at radius 2 is 1.43 bits per heavy atom. The van der Waals surface area contributed by atoms with Crippen LogP contribution in [0, 0.1) is 11.6 Å². The molecule has 1 aliphatic rings. The lowest BCUT2D eigenvalue weighted by atomic mass is 10.2. The molecule has 5 rings (SSSR count). The predicted molar refractivity (Wildman–Crippen MR) is 167 cm³/mol. The lowest BCUT2D eigenvalue weighted by Gasteiger charge is -2.24. The molecular weight excluding hydrogens is 667 g/mol. The van der Waals surface area contributed by atoms with Gasteiger partial charge in [-0.15, -0.1) is 0 Å². The Kier molecular flexibility index (Phi) is 12.1. The number of carbonyl (C=O) groups is 1. The van der Waals surface area contributed by atoms with E-state index >= 15 is 0 Å². The minimum atomic E-state index is -0.557. The Hall–Kier alpha value is -4.00. The highest BCUT2D eigenvalue weighted by Crippen LogP contribution is 2.24. The molecular formula is C31H30Cl3F2N5O5. The molecule has 0 bridgehead atoms. The summed E-state index contributed by atoms with van der Waals surface area (Å²) in [4.78, 5) is 30.0. The molecule has 0 radical (unpaired) electrons. The van der Waals surface area contributed by atoms with E-state index in [0.29, 0.717) is 52.2 Å². The summed E-state index contributed by atoms with van der Waals surface area (Å²) in [6.45, 7) is 6.47. The molecule has 0 N–H and O–H groups in total. The third kappa shape index (κ3) is 11.1. The van der Waals surface area contributed by atoms with Gasteiger partial charge in [-0.3, -0.25) is 0 Å². The van der Waals surface area contributed by atoms with Crippen LogP contribution in [0.2, 0.25) is 15.2 Å². The average molecular weight is 697 g/mol. The van der Waals surface area contributed by atoms with Crippen molar-refractivity contribution >= 4 is 40.9 Å². The smallest absolute Gasteiger partial charge is 0.410 e. The summed E-state index contributed by atoms with van der Waals surface area (Å²) in [5, 5.41) is 0.919. The van der Waals surface area contributed by atoms with Gasteiger partial charge in [0.05, 0.1) is 6.54 Å². The lowest BCUT2D eigenvalue weighted by molar-refractivity contribution is 0.0274. The van der Waals surface area contributed by atoms with Gasteiger partial charge in [-0.05, 0) is 63.2 Å². The minimum Gasteiger partial charge on any atom is -0.483 e. The van der Waals surface area contributed by atoms with E-state index in [2.05, 4.69) is 19.9 Å². The van der Waals surface area contributed by atoms with Crippen molar-refractivity contribution in [3.8, 4) is 17.4 Å². The summed E-state index contributed by atoms with van der Waals surface area (Å²) in [5.41, 5.74) is -0.541. The van der Waals surface area contributed by atoms with Gasteiger partial charge in [0.2, 0.25) is 5.88 Å². The molecule has 0 spiro atoms. The van der Waals surface area contributed by atoms with Crippen LogP contribution in [0.3, 0.4) is 0 Å². The molecule has 1 aliphatic heterocycles. The summed E-state index contributed by atoms with van der Waals surface area (Å²) >= 11 is 17.0. The van der Waals surface area contributed by atoms with E-state index in [4.69, 9.17) is 53.8 Å². The molecule has 1 amide bonds. The maximum absolute atomic E-state index is 13.8. The molecule has 4 aromatic rings. The zero-order valence-corrected chi connectivity index (χ0v) is 27.3. The first-order valence-electron chi connectivity index (χ1n) is 13.9. The van der Waals surface area contributed by atoms with E-state index in [-0.39, 0.29) is 36.9 Å². The summed E-state index contributed by atoms with van der Waals surface area (Å²) in [6.07, 6.45) is 3.17. The molecule has 0 unspecified atom stereocenters. The second-order valence-electron chi connectivity index (χ2n) is 10.8. The summed E-state index contributed by atoms with van der Waals surface area (Å²) < 4.78 is 49.0. The normalized spacial score (nSPS) is 14.3. The van der Waals surface area contributed by atoms with Gasteiger partial charge in [-0.25, -0.2) is 28.5 Å². The van der Waals surface area contributed by atoms with E-state index in [1.54, 1.807) is 29.3 Å². The number of hydrogen-bond donors (Lipinski definition) is 0. The van der Waals surface area contributed by atoms with Crippen LogP contribution in [0.1, 0.15) is 38.8 Å². The third-order valence-corrected chi connectivity index (χ3v) is 6.62. The number of likely N-dealkylation sites (tertiary alicyclic amines) is 1. The highest BCUT2D eigenvalue weighted by molar-refractivity contribution is 6.31. The Labute approximate surface area is 279 Å². The fraction of sp³-hybridized carbons (Fsp3) is 0.323. The van der Waals surface area contributed by atoms with Crippen molar-refractivity contribution in [1.29, 1.82) is 0 Å². The van der Waals surface area contributed by atoms with Gasteiger partial charge >= 0.3 is 6.09 Å². The van der Waals surface area contributed by atoms with Crippen LogP contribution >= 0.6 is 34.8 Å². The molecule has 2 aromatic carbocycles. The van der Waals surface area contributed by atoms with E-state index < -0.39 is 17.2 Å². The molecule has 0 saturated carbocycles. The molecule has 3 heterocycles. The average Bonchev–Trinajstić information content (AvgIpc) is 3.45. The second-order valence-corrected chi connectivity index (χ2v) is 12.0. The van der Waals surface area contributed by atoms with Crippen LogP contribution in [-0.4, -0.2) is 55.7 Å². The quantitative estimate of drug-likeness (QED) is 0.171. The van der Waals surface area contributed by atoms with E-state index in [1.165, 1.54) is 36.5 Å². The maximum atomic E-state index is 13.8. The van der Waals surface area contributed by atoms with E-state index in [9.17, 15) is 13.6 Å². The van der Waals surface area contributed by atoms with Crippen molar-refractivity contribution in [2.75, 3.05) is 13.1 Å². The summed E-state index contributed by atoms with van der Waals surface area (Å²) in [7, 11) is 0. The van der Waals surface area contributed by atoms with Crippen molar-refractivity contribution in [1.82, 2.24) is 24.8 Å². The molecule has 244 valence electrons. The monoisotopic (exact) mass is 695 g/mol. The summed E-state index contributed by atoms with van der Waals surface area (Å²) in [6, 6.07) is 11.5. The molecule has 10 nitrogen and oxygen atoms in total. The van der Waals surface area contributed by atoms with Crippen LogP contribution in [0.4, 0.5) is 13.6 Å². The Morgan fingerprint density at radius 1 is 0.870 bits per heavy atom. The molecule has 2 aromatic heterocycles. The van der Waals surface area contributed by atoms with Gasteiger partial charge in [0.25, 0.3) is 0 Å². The zero-order chi connectivity index (χ0) is 33.3. The van der Waals surface area contributed by atoms with Crippen LogP contribution in [0.15, 0.2) is 60.9 Å². The fourth-order valence-electron chi connectivity index (χ4n) is 3.92. The first-order chi connectivity index (χ1) is 21.8. The number of hydrogen-bond acceptors (Lipinski definition) is 9. The number of benzene rings is 2. The van der Waals surface area contributed by atoms with Gasteiger partial charge in [0.1, 0.15) is 30.1 Å². The minimum absolute atomic E-state index is 0.0234. The molecule has 1 saturated heterocycles. The van der Waals surface area contributed by atoms with Crippen LogP contribution in [-0.2, 0) is 18.0 Å². The van der Waals surface area contributed by atoms with Gasteiger partial charge in [0, 0.05) is 41.5 Å². The van der Waals surface area contributed by atoms with E-state index in [1.807, 2.05) is 20.8 Å². The maximum Gasteiger partial charge on any atom is 0.410 e. The number of carbonyl (C=O) groups excluding carboxylic acids is 1. The van der Waals surface area contributed by atoms with Crippen molar-refractivity contribution in [2.24, 2.45) is 0 Å². The van der Waals surface area contributed by atoms with Crippen molar-refractivity contribution in [3.63, 3.8) is 0 Å². The molecule has 1 fully saturated rings. The Balaban J connectivity index is 0.000000240. The van der Waals surface area contributed by atoms with Gasteiger partial charge in [-0.1, -0.05) is 34.8 Å². The molecule has 1 atom stereocenters. The largest absolute Gasteiger partial charge is 0.483 e. The number of aromatic nitrogens is 4. The first kappa shape index (κ1) is 34.9. The Morgan fingerprint density at radius 3 is 1.98 bits per heavy atom. The highest BCUT2D eigenvalue weighted by atomic mass is 35.5. The predicted octanol–water partition coefficient (Wildman–Crippen LogP) is 7.74. The fourth-order valence-corrected chi connectivity index (χ4v) is 4.39. The summed E-state index contributed by atoms with van der Waals surface area (Å²) in [5.74, 6) is 0.167. The van der Waals surface area contributed by atoms with Crippen LogP contribution in [0.5, 0.6) is 17.4 Å². The number of halogens is 5. The van der Waals surface area contributed by atoms with Crippen molar-refractivity contribution < 1.29 is 32.5 Å². The molecule has 46 heavy (non-hydrogen) atoms. The van der Waals surface area contributed by atoms with E-state index in [0.717, 1.165) is 0 Å². The highest BCUT2D eigenvalue weighted by Gasteiger charge is 2.31. The Bertz CT molecular complexity index is 1650. The second kappa shape index (κ2) is 16.0. The van der Waals surface area contributed by atoms with Crippen LogP contribution in [0.25, 0.3) is 0 Å². The molecule has 0 aliphatic carbocycles. The van der Waals surface area contributed by atoms with Gasteiger partial charge < -0.3 is 23.8 Å². The SMILES string of the molecule is CC(C)(C)OC(=O)N1CC[C@H](Oc2ccnc(COc3ccc(Cl)cc3F)n2)C1.Fc1cc(Cl)ccc1OCc1nccc(Cl)n1. The van der Waals surface area contributed by atoms with Gasteiger partial charge in [0.15, 0.2) is 34.8 Å². The third-order valence-electron chi connectivity index (χ3n) is 5.94. The zero-order valence-electron chi connectivity index (χ0n) is 25.1. The van der Waals surface area contributed by atoms with Crippen molar-refractivity contribution in [3.05, 3.63) is 99.4 Å². The standard InChI is InChI=1S/C20H23ClFN3O4.C11H7Cl2FN2O/c1-20(2,3)29-19(26)25-9-7-14(11-25)28-18-6-8-23-17(24-18)12-27-16-5-4-13(21)10-15(16)22;12-7-1-2-9(8(14)5-7)17-6-11-15-4-3-10(13)16-11/h4-6,8,10,14H,7,9,11-12H2,1-3H3;1-5H,6H2/t14-;/m0./s1.